The van der Waals surface area contributed by atoms with Gasteiger partial charge in [-0.3, -0.25) is 9.36 Å². The van der Waals surface area contributed by atoms with Gasteiger partial charge in [-0.05, 0) is 42.5 Å². The van der Waals surface area contributed by atoms with Gasteiger partial charge >= 0.3 is 6.03 Å². The molecule has 2 aromatic heterocycles. The molecule has 1 unspecified atom stereocenters. The van der Waals surface area contributed by atoms with Crippen LogP contribution in [0.15, 0.2) is 30.6 Å². The van der Waals surface area contributed by atoms with E-state index in [1.54, 1.807) is 4.90 Å². The molecule has 0 spiro atoms. The van der Waals surface area contributed by atoms with E-state index in [2.05, 4.69) is 39.1 Å². The van der Waals surface area contributed by atoms with Gasteiger partial charge in [0.15, 0.2) is 5.82 Å². The number of aromatic nitrogens is 4. The molecular formula is C26H33N7O2. The van der Waals surface area contributed by atoms with Crippen molar-refractivity contribution in [2.45, 2.75) is 38.3 Å². The second-order valence-corrected chi connectivity index (χ2v) is 10.1. The number of amides is 2. The van der Waals surface area contributed by atoms with E-state index in [0.717, 1.165) is 50.2 Å². The predicted octanol–water partition coefficient (Wildman–Crippen LogP) is 3.37. The van der Waals surface area contributed by atoms with Crippen LogP contribution in [-0.2, 0) is 31.2 Å². The summed E-state index contributed by atoms with van der Waals surface area (Å²) in [7, 11) is 5.58. The van der Waals surface area contributed by atoms with Crippen molar-refractivity contribution in [1.29, 1.82) is 0 Å². The number of aryl methyl sites for hydroxylation is 2. The molecule has 0 radical (unpaired) electrons. The first-order valence-electron chi connectivity index (χ1n) is 12.5. The smallest absolute Gasteiger partial charge is 0.319 e. The fourth-order valence-electron chi connectivity index (χ4n) is 5.68. The highest BCUT2D eigenvalue weighted by atomic mass is 16.5. The van der Waals surface area contributed by atoms with Crippen LogP contribution < -0.4 is 4.90 Å². The lowest BCUT2D eigenvalue weighted by molar-refractivity contribution is 0.164. The number of hydrogen-bond acceptors (Lipinski definition) is 5. The zero-order valence-corrected chi connectivity index (χ0v) is 20.8. The van der Waals surface area contributed by atoms with E-state index < -0.39 is 0 Å². The van der Waals surface area contributed by atoms with Gasteiger partial charge in [0.25, 0.3) is 0 Å². The van der Waals surface area contributed by atoms with Crippen LogP contribution >= 0.6 is 0 Å². The van der Waals surface area contributed by atoms with Crippen molar-refractivity contribution in [1.82, 2.24) is 29.4 Å². The number of fused-ring (bicyclic) bond motifs is 2. The van der Waals surface area contributed by atoms with Gasteiger partial charge in [-0.15, -0.1) is 0 Å². The molecule has 184 valence electrons. The van der Waals surface area contributed by atoms with E-state index in [4.69, 9.17) is 9.84 Å². The molecule has 1 atom stereocenters. The first-order chi connectivity index (χ1) is 17.0. The molecule has 0 N–H and O–H groups in total. The summed E-state index contributed by atoms with van der Waals surface area (Å²) < 4.78 is 9.77. The highest BCUT2D eigenvalue weighted by Gasteiger charge is 2.34. The maximum atomic E-state index is 12.8. The second kappa shape index (κ2) is 8.71. The minimum Gasteiger partial charge on any atom is -0.379 e. The molecule has 1 fully saturated rings. The molecule has 0 bridgehead atoms. The summed E-state index contributed by atoms with van der Waals surface area (Å²) >= 11 is 0. The summed E-state index contributed by atoms with van der Waals surface area (Å²) in [5.41, 5.74) is 7.32. The molecule has 35 heavy (non-hydrogen) atoms. The molecule has 0 aliphatic carbocycles. The quantitative estimate of drug-likeness (QED) is 0.581. The summed E-state index contributed by atoms with van der Waals surface area (Å²) in [6, 6.07) is 7.04. The lowest BCUT2D eigenvalue weighted by atomic mass is 9.96. The number of carbonyl (C=O) groups is 1. The highest BCUT2D eigenvalue weighted by Crippen LogP contribution is 2.40. The van der Waals surface area contributed by atoms with Gasteiger partial charge in [-0.25, -0.2) is 4.79 Å². The van der Waals surface area contributed by atoms with E-state index in [1.807, 2.05) is 36.9 Å². The minimum atomic E-state index is 0.0544. The maximum absolute atomic E-state index is 12.8. The average molecular weight is 476 g/mol. The van der Waals surface area contributed by atoms with Crippen LogP contribution in [0.4, 0.5) is 16.3 Å². The van der Waals surface area contributed by atoms with Crippen LogP contribution in [0.25, 0.3) is 11.1 Å². The number of carbonyl (C=O) groups excluding carboxylic acids is 1. The van der Waals surface area contributed by atoms with Crippen LogP contribution in [0.1, 0.15) is 35.7 Å². The monoisotopic (exact) mass is 475 g/mol. The molecule has 3 aromatic rings. The van der Waals surface area contributed by atoms with Gasteiger partial charge in [0.05, 0.1) is 25.4 Å². The number of ether oxygens (including phenoxy) is 1. The second-order valence-electron chi connectivity index (χ2n) is 10.1. The summed E-state index contributed by atoms with van der Waals surface area (Å²) in [4.78, 5) is 18.8. The molecule has 1 saturated heterocycles. The molecule has 2 amide bonds. The lowest BCUT2D eigenvalue weighted by Crippen LogP contribution is -2.42. The molecule has 5 heterocycles. The normalized spacial score (nSPS) is 19.6. The third kappa shape index (κ3) is 3.87. The van der Waals surface area contributed by atoms with Crippen molar-refractivity contribution in [3.05, 3.63) is 47.4 Å². The van der Waals surface area contributed by atoms with E-state index in [1.165, 1.54) is 28.1 Å². The van der Waals surface area contributed by atoms with Crippen molar-refractivity contribution in [3.8, 4) is 11.1 Å². The fraction of sp³-hybridized carbons (Fsp3) is 0.500. The lowest BCUT2D eigenvalue weighted by Gasteiger charge is -2.33. The number of nitrogens with zero attached hydrogens (tertiary/aromatic N) is 7. The van der Waals surface area contributed by atoms with Gasteiger partial charge in [-0.1, -0.05) is 6.07 Å². The molecule has 6 rings (SSSR count). The number of anilines is 2. The molecule has 0 saturated carbocycles. The van der Waals surface area contributed by atoms with Crippen molar-refractivity contribution >= 4 is 17.5 Å². The summed E-state index contributed by atoms with van der Waals surface area (Å²) in [6.07, 6.45) is 7.89. The summed E-state index contributed by atoms with van der Waals surface area (Å²) in [5, 5.41) is 9.55. The fourth-order valence-corrected chi connectivity index (χ4v) is 5.68. The Kier molecular flexibility index (Phi) is 5.51. The van der Waals surface area contributed by atoms with Crippen molar-refractivity contribution in [2.24, 2.45) is 7.05 Å². The number of urea groups is 1. The van der Waals surface area contributed by atoms with Crippen molar-refractivity contribution in [3.63, 3.8) is 0 Å². The van der Waals surface area contributed by atoms with Crippen LogP contribution in [0.5, 0.6) is 0 Å². The Morgan fingerprint density at radius 2 is 2.06 bits per heavy atom. The van der Waals surface area contributed by atoms with Gasteiger partial charge in [-0.2, -0.15) is 10.2 Å². The number of benzene rings is 1. The third-order valence-electron chi connectivity index (χ3n) is 7.46. The molecule has 3 aliphatic heterocycles. The Morgan fingerprint density at radius 3 is 2.80 bits per heavy atom. The third-order valence-corrected chi connectivity index (χ3v) is 7.46. The molecular weight excluding hydrogens is 442 g/mol. The van der Waals surface area contributed by atoms with E-state index in [0.29, 0.717) is 19.7 Å². The molecule has 9 nitrogen and oxygen atoms in total. The topological polar surface area (TPSA) is 71.7 Å². The first-order valence-corrected chi connectivity index (χ1v) is 12.5. The van der Waals surface area contributed by atoms with Crippen LogP contribution in [-0.4, -0.2) is 75.8 Å². The Hall–Kier alpha value is -3.33. The predicted molar refractivity (Wildman–Crippen MR) is 134 cm³/mol. The van der Waals surface area contributed by atoms with Gasteiger partial charge < -0.3 is 19.4 Å². The summed E-state index contributed by atoms with van der Waals surface area (Å²) in [5.74, 6) is 0.998. The zero-order chi connectivity index (χ0) is 24.1. The van der Waals surface area contributed by atoms with Crippen LogP contribution in [0.2, 0.25) is 0 Å². The van der Waals surface area contributed by atoms with E-state index in [9.17, 15) is 4.79 Å². The van der Waals surface area contributed by atoms with Gasteiger partial charge in [0.2, 0.25) is 0 Å². The van der Waals surface area contributed by atoms with E-state index in [-0.39, 0.29) is 12.1 Å². The van der Waals surface area contributed by atoms with Crippen LogP contribution in [0, 0.1) is 0 Å². The van der Waals surface area contributed by atoms with Crippen LogP contribution in [0.3, 0.4) is 0 Å². The Morgan fingerprint density at radius 1 is 1.17 bits per heavy atom. The molecule has 3 aliphatic rings. The standard InChI is InChI=1S/C26H33N7O2/c1-29(2)26(34)31-11-8-24-22(16-31)25(28-33(24)21-9-12-35-17-21)32-10-4-5-19-13-18(6-7-23(19)32)20-14-27-30(3)15-20/h6-7,13-15,21H,4-5,8-12,16-17H2,1-3H3. The number of hydrogen-bond donors (Lipinski definition) is 0. The maximum Gasteiger partial charge on any atom is 0.319 e. The molecule has 1 aromatic carbocycles. The Balaban J connectivity index is 1.40. The van der Waals surface area contributed by atoms with Crippen molar-refractivity contribution < 1.29 is 9.53 Å². The Labute approximate surface area is 205 Å². The van der Waals surface area contributed by atoms with Gasteiger partial charge in [0, 0.05) is 76.0 Å². The SMILES string of the molecule is CN(C)C(=O)N1CCc2c(c(N3CCCc4cc(-c5cnn(C)c5)ccc43)nn2C2CCOC2)C1. The highest BCUT2D eigenvalue weighted by molar-refractivity contribution is 5.76. The van der Waals surface area contributed by atoms with Crippen molar-refractivity contribution in [2.75, 3.05) is 45.3 Å². The first kappa shape index (κ1) is 22.2. The Bertz CT molecular complexity index is 1250. The zero-order valence-electron chi connectivity index (χ0n) is 20.8. The summed E-state index contributed by atoms with van der Waals surface area (Å²) in [6.45, 7) is 3.72. The average Bonchev–Trinajstić information content (AvgIpc) is 3.62. The molecule has 9 heteroatoms. The number of rotatable bonds is 3. The minimum absolute atomic E-state index is 0.0544. The largest absolute Gasteiger partial charge is 0.379 e. The van der Waals surface area contributed by atoms with E-state index >= 15 is 0 Å². The van der Waals surface area contributed by atoms with Gasteiger partial charge in [0.1, 0.15) is 0 Å².